The zero-order chi connectivity index (χ0) is 12.9. The molecule has 5 nitrogen and oxygen atoms in total. The quantitative estimate of drug-likeness (QED) is 0.897. The highest BCUT2D eigenvalue weighted by atomic mass is 16.6. The molecule has 0 amide bonds. The van der Waals surface area contributed by atoms with Crippen LogP contribution in [-0.2, 0) is 6.54 Å². The highest BCUT2D eigenvalue weighted by Crippen LogP contribution is 2.30. The average Bonchev–Trinajstić information content (AvgIpc) is 2.48. The van der Waals surface area contributed by atoms with Crippen LogP contribution < -0.4 is 14.8 Å². The zero-order valence-electron chi connectivity index (χ0n) is 10.5. The Hall–Kier alpha value is -2.14. The van der Waals surface area contributed by atoms with Crippen molar-refractivity contribution in [2.45, 2.75) is 12.6 Å². The lowest BCUT2D eigenvalue weighted by Crippen LogP contribution is -2.38. The van der Waals surface area contributed by atoms with Gasteiger partial charge in [-0.05, 0) is 12.1 Å². The summed E-state index contributed by atoms with van der Waals surface area (Å²) in [4.78, 5) is 7.95. The van der Waals surface area contributed by atoms with Gasteiger partial charge in [-0.1, -0.05) is 12.1 Å². The first-order valence-corrected chi connectivity index (χ1v) is 6.25. The van der Waals surface area contributed by atoms with Gasteiger partial charge in [0.2, 0.25) is 0 Å². The first-order valence-electron chi connectivity index (χ1n) is 6.25. The molecule has 1 aliphatic rings. The molecule has 1 aromatic carbocycles. The molecule has 1 aromatic heterocycles. The highest BCUT2D eigenvalue weighted by molar-refractivity contribution is 5.40. The SMILES string of the molecule is c1ccc2c(c1)OCC(CNCc1cncnc1)O2. The van der Waals surface area contributed by atoms with Crippen molar-refractivity contribution in [1.82, 2.24) is 15.3 Å². The number of nitrogens with zero attached hydrogens (tertiary/aromatic N) is 2. The summed E-state index contributed by atoms with van der Waals surface area (Å²) in [5.74, 6) is 1.62. The van der Waals surface area contributed by atoms with Crippen molar-refractivity contribution >= 4 is 0 Å². The van der Waals surface area contributed by atoms with Crippen LogP contribution in [0.1, 0.15) is 5.56 Å². The lowest BCUT2D eigenvalue weighted by atomic mass is 10.2. The molecule has 3 rings (SSSR count). The second-order valence-electron chi connectivity index (χ2n) is 4.38. The second kappa shape index (κ2) is 5.67. The number of nitrogens with one attached hydrogen (secondary N) is 1. The number of para-hydroxylation sites is 2. The first-order chi connectivity index (χ1) is 9.42. The van der Waals surface area contributed by atoms with Gasteiger partial charge in [-0.3, -0.25) is 0 Å². The summed E-state index contributed by atoms with van der Waals surface area (Å²) in [6, 6.07) is 7.72. The normalized spacial score (nSPS) is 17.2. The van der Waals surface area contributed by atoms with Gasteiger partial charge in [-0.2, -0.15) is 0 Å². The summed E-state index contributed by atoms with van der Waals surface area (Å²) in [5, 5.41) is 3.32. The first kappa shape index (κ1) is 11.9. The summed E-state index contributed by atoms with van der Waals surface area (Å²) in [6.07, 6.45) is 5.15. The Morgan fingerprint density at radius 1 is 1.16 bits per heavy atom. The molecule has 1 unspecified atom stereocenters. The molecular formula is C14H15N3O2. The zero-order valence-corrected chi connectivity index (χ0v) is 10.5. The van der Waals surface area contributed by atoms with Gasteiger partial charge in [0.25, 0.3) is 0 Å². The molecule has 1 aliphatic heterocycles. The summed E-state index contributed by atoms with van der Waals surface area (Å²) < 4.78 is 11.5. The van der Waals surface area contributed by atoms with Gasteiger partial charge in [0.05, 0.1) is 0 Å². The van der Waals surface area contributed by atoms with E-state index in [2.05, 4.69) is 15.3 Å². The standard InChI is InChI=1S/C14H15N3O2/c1-2-4-14-13(3-1)18-9-12(19-14)8-15-5-11-6-16-10-17-7-11/h1-4,6-7,10,12,15H,5,8-9H2. The van der Waals surface area contributed by atoms with Crippen molar-refractivity contribution < 1.29 is 9.47 Å². The Bertz CT molecular complexity index is 533. The van der Waals surface area contributed by atoms with Crippen molar-refractivity contribution in [2.24, 2.45) is 0 Å². The van der Waals surface area contributed by atoms with E-state index in [-0.39, 0.29) is 6.10 Å². The van der Waals surface area contributed by atoms with Gasteiger partial charge in [0.15, 0.2) is 11.5 Å². The third-order valence-electron chi connectivity index (χ3n) is 2.88. The topological polar surface area (TPSA) is 56.3 Å². The molecule has 2 aromatic rings. The molecule has 98 valence electrons. The minimum atomic E-state index is 0.0273. The van der Waals surface area contributed by atoms with E-state index in [9.17, 15) is 0 Å². The second-order valence-corrected chi connectivity index (χ2v) is 4.38. The van der Waals surface area contributed by atoms with E-state index in [0.717, 1.165) is 30.2 Å². The Morgan fingerprint density at radius 3 is 2.79 bits per heavy atom. The molecule has 2 heterocycles. The van der Waals surface area contributed by atoms with Crippen LogP contribution >= 0.6 is 0 Å². The van der Waals surface area contributed by atoms with Gasteiger partial charge >= 0.3 is 0 Å². The molecule has 0 saturated heterocycles. The molecule has 1 N–H and O–H groups in total. The molecule has 19 heavy (non-hydrogen) atoms. The maximum absolute atomic E-state index is 5.85. The largest absolute Gasteiger partial charge is 0.486 e. The minimum absolute atomic E-state index is 0.0273. The van der Waals surface area contributed by atoms with E-state index in [4.69, 9.17) is 9.47 Å². The lowest BCUT2D eigenvalue weighted by Gasteiger charge is -2.26. The van der Waals surface area contributed by atoms with Crippen LogP contribution in [0.25, 0.3) is 0 Å². The number of fused-ring (bicyclic) bond motifs is 1. The lowest BCUT2D eigenvalue weighted by molar-refractivity contribution is 0.0902. The van der Waals surface area contributed by atoms with Gasteiger partial charge < -0.3 is 14.8 Å². The Kier molecular flexibility index (Phi) is 3.56. The molecule has 0 spiro atoms. The smallest absolute Gasteiger partial charge is 0.161 e. The van der Waals surface area contributed by atoms with Crippen molar-refractivity contribution in [3.05, 3.63) is 48.5 Å². The van der Waals surface area contributed by atoms with Crippen molar-refractivity contribution in [2.75, 3.05) is 13.2 Å². The number of rotatable bonds is 4. The fraction of sp³-hybridized carbons (Fsp3) is 0.286. The van der Waals surface area contributed by atoms with E-state index >= 15 is 0 Å². The minimum Gasteiger partial charge on any atom is -0.486 e. The Balaban J connectivity index is 1.50. The number of hydrogen-bond donors (Lipinski definition) is 1. The van der Waals surface area contributed by atoms with E-state index in [1.807, 2.05) is 24.3 Å². The molecular weight excluding hydrogens is 242 g/mol. The van der Waals surface area contributed by atoms with Crippen molar-refractivity contribution in [3.8, 4) is 11.5 Å². The van der Waals surface area contributed by atoms with Gasteiger partial charge in [0, 0.05) is 31.0 Å². The van der Waals surface area contributed by atoms with Crippen LogP contribution in [0, 0.1) is 0 Å². The van der Waals surface area contributed by atoms with Gasteiger partial charge in [0.1, 0.15) is 19.0 Å². The molecule has 0 radical (unpaired) electrons. The fourth-order valence-corrected chi connectivity index (χ4v) is 1.96. The van der Waals surface area contributed by atoms with E-state index in [1.54, 1.807) is 12.4 Å². The summed E-state index contributed by atoms with van der Waals surface area (Å²) >= 11 is 0. The predicted molar refractivity (Wildman–Crippen MR) is 70.1 cm³/mol. The summed E-state index contributed by atoms with van der Waals surface area (Å²) in [7, 11) is 0. The molecule has 0 aliphatic carbocycles. The number of hydrogen-bond acceptors (Lipinski definition) is 5. The van der Waals surface area contributed by atoms with E-state index in [0.29, 0.717) is 6.61 Å². The third kappa shape index (κ3) is 3.00. The highest BCUT2D eigenvalue weighted by Gasteiger charge is 2.19. The average molecular weight is 257 g/mol. The summed E-state index contributed by atoms with van der Waals surface area (Å²) in [6.45, 7) is 2.01. The Labute approximate surface area is 111 Å². The van der Waals surface area contributed by atoms with Crippen LogP contribution in [-0.4, -0.2) is 29.2 Å². The van der Waals surface area contributed by atoms with Crippen molar-refractivity contribution in [1.29, 1.82) is 0 Å². The monoisotopic (exact) mass is 257 g/mol. The van der Waals surface area contributed by atoms with Crippen LogP contribution in [0.15, 0.2) is 43.0 Å². The molecule has 1 atom stereocenters. The van der Waals surface area contributed by atoms with Crippen molar-refractivity contribution in [3.63, 3.8) is 0 Å². The number of ether oxygens (including phenoxy) is 2. The molecule has 0 saturated carbocycles. The Morgan fingerprint density at radius 2 is 1.95 bits per heavy atom. The maximum Gasteiger partial charge on any atom is 0.161 e. The van der Waals surface area contributed by atoms with E-state index in [1.165, 1.54) is 6.33 Å². The number of benzene rings is 1. The third-order valence-corrected chi connectivity index (χ3v) is 2.88. The number of aromatic nitrogens is 2. The molecule has 0 bridgehead atoms. The fourth-order valence-electron chi connectivity index (χ4n) is 1.96. The maximum atomic E-state index is 5.85. The molecule has 5 heteroatoms. The van der Waals surface area contributed by atoms with Gasteiger partial charge in [-0.15, -0.1) is 0 Å². The van der Waals surface area contributed by atoms with Crippen LogP contribution in [0.3, 0.4) is 0 Å². The van der Waals surface area contributed by atoms with Crippen LogP contribution in [0.5, 0.6) is 11.5 Å². The summed E-state index contributed by atoms with van der Waals surface area (Å²) in [5.41, 5.74) is 1.06. The van der Waals surface area contributed by atoms with E-state index < -0.39 is 0 Å². The van der Waals surface area contributed by atoms with Crippen LogP contribution in [0.4, 0.5) is 0 Å². The molecule has 0 fully saturated rings. The van der Waals surface area contributed by atoms with Gasteiger partial charge in [-0.25, -0.2) is 9.97 Å². The van der Waals surface area contributed by atoms with Crippen LogP contribution in [0.2, 0.25) is 0 Å². The predicted octanol–water partition coefficient (Wildman–Crippen LogP) is 1.41.